The van der Waals surface area contributed by atoms with Crippen molar-refractivity contribution >= 4 is 0 Å². The smallest absolute Gasteiger partial charge is 0.0412 e. The molecule has 2 radical (unpaired) electrons. The molecular weight excluding hydrogens is 168 g/mol. The van der Waals surface area contributed by atoms with E-state index in [1.54, 1.807) is 0 Å². The van der Waals surface area contributed by atoms with E-state index in [1.807, 2.05) is 0 Å². The molecule has 1 atom stereocenters. The average Bonchev–Trinajstić information content (AvgIpc) is 2.15. The third-order valence-electron chi connectivity index (χ3n) is 2.83. The van der Waals surface area contributed by atoms with Gasteiger partial charge in [0.25, 0.3) is 0 Å². The highest BCUT2D eigenvalue weighted by Crippen LogP contribution is 2.21. The van der Waals surface area contributed by atoms with Crippen LogP contribution in [0.4, 0.5) is 0 Å². The molecule has 0 heteroatoms. The van der Waals surface area contributed by atoms with Crippen molar-refractivity contribution in [3.63, 3.8) is 0 Å². The van der Waals surface area contributed by atoms with Crippen molar-refractivity contribution in [3.8, 4) is 0 Å². The molecule has 0 spiro atoms. The van der Waals surface area contributed by atoms with Crippen LogP contribution in [0.1, 0.15) is 65.2 Å². The summed E-state index contributed by atoms with van der Waals surface area (Å²) in [6.07, 6.45) is 10.4. The van der Waals surface area contributed by atoms with Crippen molar-refractivity contribution in [2.75, 3.05) is 0 Å². The summed E-state index contributed by atoms with van der Waals surface area (Å²) in [6, 6.07) is 0. The van der Waals surface area contributed by atoms with Gasteiger partial charge >= 0.3 is 0 Å². The first-order chi connectivity index (χ1) is 6.70. The van der Waals surface area contributed by atoms with Crippen LogP contribution in [0.25, 0.3) is 0 Å². The van der Waals surface area contributed by atoms with Gasteiger partial charge < -0.3 is 0 Å². The van der Waals surface area contributed by atoms with Crippen LogP contribution in [0, 0.1) is 25.7 Å². The first-order valence-corrected chi connectivity index (χ1v) is 6.29. The zero-order valence-electron chi connectivity index (χ0n) is 10.2. The Kier molecular flexibility index (Phi) is 9.55. The topological polar surface area (TPSA) is 0 Å². The van der Waals surface area contributed by atoms with Gasteiger partial charge in [0.15, 0.2) is 0 Å². The second-order valence-corrected chi connectivity index (χ2v) is 4.84. The van der Waals surface area contributed by atoms with Gasteiger partial charge in [-0.25, -0.2) is 0 Å². The molecule has 84 valence electrons. The van der Waals surface area contributed by atoms with E-state index in [9.17, 15) is 0 Å². The second-order valence-electron chi connectivity index (χ2n) is 4.84. The third kappa shape index (κ3) is 8.59. The fourth-order valence-corrected chi connectivity index (χ4v) is 2.01. The highest BCUT2D eigenvalue weighted by atomic mass is 14.1. The number of hydrogen-bond donors (Lipinski definition) is 0. The highest BCUT2D eigenvalue weighted by molar-refractivity contribution is 4.63. The highest BCUT2D eigenvalue weighted by Gasteiger charge is 2.07. The summed E-state index contributed by atoms with van der Waals surface area (Å²) in [7, 11) is 0. The maximum absolute atomic E-state index is 4.04. The van der Waals surface area contributed by atoms with Crippen molar-refractivity contribution in [2.24, 2.45) is 11.8 Å². The molecule has 0 saturated heterocycles. The fourth-order valence-electron chi connectivity index (χ4n) is 2.01. The minimum atomic E-state index is 0.835. The van der Waals surface area contributed by atoms with Crippen LogP contribution >= 0.6 is 0 Å². The van der Waals surface area contributed by atoms with Crippen molar-refractivity contribution < 1.29 is 0 Å². The molecule has 0 aromatic carbocycles. The van der Waals surface area contributed by atoms with Crippen LogP contribution in [0.2, 0.25) is 0 Å². The molecule has 0 rings (SSSR count). The Bertz CT molecular complexity index is 105. The van der Waals surface area contributed by atoms with E-state index in [4.69, 9.17) is 0 Å². The molecular formula is C14H28. The molecule has 0 nitrogen and oxygen atoms in total. The van der Waals surface area contributed by atoms with Crippen molar-refractivity contribution in [3.05, 3.63) is 13.8 Å². The molecule has 0 aliphatic rings. The van der Waals surface area contributed by atoms with Crippen LogP contribution in [0.15, 0.2) is 0 Å². The van der Waals surface area contributed by atoms with Gasteiger partial charge in [0.05, 0.1) is 0 Å². The Labute approximate surface area is 91.5 Å². The Morgan fingerprint density at radius 1 is 0.929 bits per heavy atom. The summed E-state index contributed by atoms with van der Waals surface area (Å²) in [5, 5.41) is 0. The number of unbranched alkanes of at least 4 members (excludes halogenated alkanes) is 4. The molecule has 0 amide bonds. The Hall–Kier alpha value is 0. The van der Waals surface area contributed by atoms with E-state index in [0.29, 0.717) is 0 Å². The second kappa shape index (κ2) is 9.55. The van der Waals surface area contributed by atoms with Crippen molar-refractivity contribution in [2.45, 2.75) is 65.2 Å². The number of rotatable bonds is 9. The zero-order valence-corrected chi connectivity index (χ0v) is 10.2. The van der Waals surface area contributed by atoms with Gasteiger partial charge in [0.1, 0.15) is 0 Å². The van der Waals surface area contributed by atoms with Crippen LogP contribution in [-0.4, -0.2) is 0 Å². The molecule has 1 unspecified atom stereocenters. The third-order valence-corrected chi connectivity index (χ3v) is 2.83. The van der Waals surface area contributed by atoms with Crippen LogP contribution < -0.4 is 0 Å². The average molecular weight is 196 g/mol. The molecule has 0 aliphatic carbocycles. The maximum Gasteiger partial charge on any atom is -0.0412 e. The van der Waals surface area contributed by atoms with Crippen LogP contribution in [0.3, 0.4) is 0 Å². The molecule has 0 fully saturated rings. The molecule has 0 N–H and O–H groups in total. The first-order valence-electron chi connectivity index (χ1n) is 6.29. The predicted molar refractivity (Wildman–Crippen MR) is 66.0 cm³/mol. The zero-order chi connectivity index (χ0) is 10.8. The SMILES string of the molecule is [CH2]CCCCCCC(C[CH2])CC(C)C. The largest absolute Gasteiger partial charge is 0.0628 e. The molecule has 0 aromatic heterocycles. The van der Waals surface area contributed by atoms with Gasteiger partial charge in [0.2, 0.25) is 0 Å². The van der Waals surface area contributed by atoms with E-state index < -0.39 is 0 Å². The van der Waals surface area contributed by atoms with Crippen LogP contribution in [-0.2, 0) is 0 Å². The Balaban J connectivity index is 3.33. The van der Waals surface area contributed by atoms with Gasteiger partial charge in [-0.1, -0.05) is 72.6 Å². The van der Waals surface area contributed by atoms with Crippen molar-refractivity contribution in [1.82, 2.24) is 0 Å². The molecule has 0 aromatic rings. The van der Waals surface area contributed by atoms with E-state index in [2.05, 4.69) is 27.7 Å². The van der Waals surface area contributed by atoms with E-state index >= 15 is 0 Å². The molecule has 0 bridgehead atoms. The molecule has 0 saturated carbocycles. The quantitative estimate of drug-likeness (QED) is 0.453. The normalized spacial score (nSPS) is 13.5. The molecule has 0 aliphatic heterocycles. The van der Waals surface area contributed by atoms with E-state index in [-0.39, 0.29) is 0 Å². The van der Waals surface area contributed by atoms with Gasteiger partial charge in [-0.15, -0.1) is 0 Å². The van der Waals surface area contributed by atoms with Crippen molar-refractivity contribution in [1.29, 1.82) is 0 Å². The lowest BCUT2D eigenvalue weighted by molar-refractivity contribution is 0.373. The van der Waals surface area contributed by atoms with E-state index in [0.717, 1.165) is 24.7 Å². The monoisotopic (exact) mass is 196 g/mol. The van der Waals surface area contributed by atoms with Crippen LogP contribution in [0.5, 0.6) is 0 Å². The minimum absolute atomic E-state index is 0.835. The Morgan fingerprint density at radius 2 is 1.57 bits per heavy atom. The summed E-state index contributed by atoms with van der Waals surface area (Å²) in [5.41, 5.74) is 0. The summed E-state index contributed by atoms with van der Waals surface area (Å²) in [6.45, 7) is 12.5. The minimum Gasteiger partial charge on any atom is -0.0628 e. The fraction of sp³-hybridized carbons (Fsp3) is 0.857. The lowest BCUT2D eigenvalue weighted by Crippen LogP contribution is -2.03. The first kappa shape index (κ1) is 14.0. The van der Waals surface area contributed by atoms with Gasteiger partial charge in [-0.05, 0) is 18.3 Å². The number of hydrogen-bond acceptors (Lipinski definition) is 0. The predicted octanol–water partition coefficient (Wildman–Crippen LogP) is 5.05. The summed E-state index contributed by atoms with van der Waals surface area (Å²) >= 11 is 0. The summed E-state index contributed by atoms with van der Waals surface area (Å²) in [5.74, 6) is 1.70. The van der Waals surface area contributed by atoms with E-state index in [1.165, 1.54) is 38.5 Å². The lowest BCUT2D eigenvalue weighted by Gasteiger charge is -2.16. The van der Waals surface area contributed by atoms with Gasteiger partial charge in [-0.2, -0.15) is 0 Å². The van der Waals surface area contributed by atoms with Gasteiger partial charge in [-0.3, -0.25) is 0 Å². The summed E-state index contributed by atoms with van der Waals surface area (Å²) < 4.78 is 0. The molecule has 0 heterocycles. The lowest BCUT2D eigenvalue weighted by atomic mass is 9.90. The molecule has 14 heavy (non-hydrogen) atoms. The standard InChI is InChI=1S/C14H28/c1-5-7-8-9-10-11-14(6-2)12-13(3)4/h13-14H,1-2,5-12H2,3-4H3. The van der Waals surface area contributed by atoms with Gasteiger partial charge in [0, 0.05) is 0 Å². The Morgan fingerprint density at radius 3 is 2.07 bits per heavy atom. The maximum atomic E-state index is 4.04. The summed E-state index contributed by atoms with van der Waals surface area (Å²) in [4.78, 5) is 0.